The van der Waals surface area contributed by atoms with E-state index in [0.717, 1.165) is 50.9 Å². The smallest absolute Gasteiger partial charge is 0.193 e. The predicted molar refractivity (Wildman–Crippen MR) is 120 cm³/mol. The van der Waals surface area contributed by atoms with E-state index in [1.165, 1.54) is 5.56 Å². The van der Waals surface area contributed by atoms with Gasteiger partial charge in [-0.05, 0) is 44.6 Å². The Hall–Kier alpha value is -1.06. The maximum atomic E-state index is 5.48. The van der Waals surface area contributed by atoms with Crippen LogP contribution in [0.3, 0.4) is 0 Å². The van der Waals surface area contributed by atoms with Gasteiger partial charge in [-0.1, -0.05) is 12.1 Å². The van der Waals surface area contributed by atoms with Gasteiger partial charge in [-0.2, -0.15) is 0 Å². The van der Waals surface area contributed by atoms with Crippen LogP contribution in [0, 0.1) is 0 Å². The standard InChI is InChI=1S/C19H34N4O2.HI/c1-6-25-18-10-8-17(9-11-18)16-23(4)19(20-2)21-12-7-13-22(3)14-15-24-5;/h8-11H,6-7,12-16H2,1-5H3,(H,20,21);1H. The Morgan fingerprint density at radius 3 is 2.42 bits per heavy atom. The maximum absolute atomic E-state index is 5.48. The molecule has 0 bridgehead atoms. The molecule has 1 aromatic rings. The molecule has 26 heavy (non-hydrogen) atoms. The van der Waals surface area contributed by atoms with Crippen LogP contribution >= 0.6 is 24.0 Å². The van der Waals surface area contributed by atoms with Crippen LogP contribution in [-0.2, 0) is 11.3 Å². The van der Waals surface area contributed by atoms with Crippen LogP contribution in [0.5, 0.6) is 5.75 Å². The lowest BCUT2D eigenvalue weighted by Gasteiger charge is -2.23. The van der Waals surface area contributed by atoms with Crippen molar-refractivity contribution in [2.45, 2.75) is 19.9 Å². The Labute approximate surface area is 176 Å². The van der Waals surface area contributed by atoms with E-state index in [9.17, 15) is 0 Å². The minimum Gasteiger partial charge on any atom is -0.494 e. The van der Waals surface area contributed by atoms with Crippen LogP contribution in [0.1, 0.15) is 18.9 Å². The molecule has 1 aromatic carbocycles. The topological polar surface area (TPSA) is 49.3 Å². The molecule has 0 fully saturated rings. The zero-order chi connectivity index (χ0) is 18.5. The van der Waals surface area contributed by atoms with Gasteiger partial charge in [0, 0.05) is 40.8 Å². The Balaban J connectivity index is 0.00000625. The normalized spacial score (nSPS) is 11.2. The fraction of sp³-hybridized carbons (Fsp3) is 0.632. The van der Waals surface area contributed by atoms with Crippen molar-refractivity contribution in [2.24, 2.45) is 4.99 Å². The fourth-order valence-electron chi connectivity index (χ4n) is 2.50. The van der Waals surface area contributed by atoms with Gasteiger partial charge in [-0.3, -0.25) is 4.99 Å². The lowest BCUT2D eigenvalue weighted by molar-refractivity contribution is 0.161. The van der Waals surface area contributed by atoms with E-state index >= 15 is 0 Å². The van der Waals surface area contributed by atoms with Crippen LogP contribution in [0.25, 0.3) is 0 Å². The highest BCUT2D eigenvalue weighted by Gasteiger charge is 2.07. The molecule has 0 amide bonds. The first-order valence-corrected chi connectivity index (χ1v) is 8.91. The SMILES string of the molecule is CCOc1ccc(CN(C)C(=NC)NCCCN(C)CCOC)cc1.I. The molecule has 7 heteroatoms. The third-order valence-corrected chi connectivity index (χ3v) is 3.90. The maximum Gasteiger partial charge on any atom is 0.193 e. The van der Waals surface area contributed by atoms with E-state index in [0.29, 0.717) is 6.61 Å². The molecule has 6 nitrogen and oxygen atoms in total. The van der Waals surface area contributed by atoms with Crippen molar-refractivity contribution >= 4 is 29.9 Å². The number of nitrogens with zero attached hydrogens (tertiary/aromatic N) is 3. The molecule has 0 saturated heterocycles. The number of aliphatic imine (C=N–C) groups is 1. The quantitative estimate of drug-likeness (QED) is 0.230. The molecule has 0 aliphatic heterocycles. The molecule has 0 aliphatic rings. The summed E-state index contributed by atoms with van der Waals surface area (Å²) in [5, 5.41) is 3.43. The minimum absolute atomic E-state index is 0. The molecule has 0 aromatic heterocycles. The molecule has 0 spiro atoms. The fourth-order valence-corrected chi connectivity index (χ4v) is 2.50. The average Bonchev–Trinajstić information content (AvgIpc) is 2.61. The first-order valence-electron chi connectivity index (χ1n) is 8.91. The second-order valence-corrected chi connectivity index (χ2v) is 6.06. The Kier molecular flexibility index (Phi) is 14.4. The van der Waals surface area contributed by atoms with Crippen molar-refractivity contribution in [1.29, 1.82) is 0 Å². The number of halogens is 1. The third-order valence-electron chi connectivity index (χ3n) is 3.90. The number of nitrogens with one attached hydrogen (secondary N) is 1. The summed E-state index contributed by atoms with van der Waals surface area (Å²) in [6.45, 7) is 7.16. The Bertz CT molecular complexity index is 497. The van der Waals surface area contributed by atoms with Gasteiger partial charge < -0.3 is 24.6 Å². The molecule has 0 heterocycles. The van der Waals surface area contributed by atoms with Gasteiger partial charge in [0.15, 0.2) is 5.96 Å². The highest BCUT2D eigenvalue weighted by Crippen LogP contribution is 2.13. The van der Waals surface area contributed by atoms with E-state index in [1.54, 1.807) is 7.11 Å². The predicted octanol–water partition coefficient (Wildman–Crippen LogP) is 2.68. The first kappa shape index (κ1) is 24.9. The molecule has 0 radical (unpaired) electrons. The number of likely N-dealkylation sites (N-methyl/N-ethyl adjacent to an activating group) is 1. The number of hydrogen-bond acceptors (Lipinski definition) is 4. The van der Waals surface area contributed by atoms with Gasteiger partial charge in [0.25, 0.3) is 0 Å². The van der Waals surface area contributed by atoms with E-state index < -0.39 is 0 Å². The second kappa shape index (κ2) is 15.0. The summed E-state index contributed by atoms with van der Waals surface area (Å²) in [4.78, 5) is 8.78. The van der Waals surface area contributed by atoms with Gasteiger partial charge in [0.05, 0.1) is 13.2 Å². The molecule has 0 unspecified atom stereocenters. The summed E-state index contributed by atoms with van der Waals surface area (Å²) in [7, 11) is 7.73. The molecule has 1 rings (SSSR count). The zero-order valence-electron chi connectivity index (χ0n) is 16.8. The minimum atomic E-state index is 0. The van der Waals surface area contributed by atoms with Crippen molar-refractivity contribution in [1.82, 2.24) is 15.1 Å². The van der Waals surface area contributed by atoms with Crippen molar-refractivity contribution in [3.63, 3.8) is 0 Å². The van der Waals surface area contributed by atoms with Crippen LogP contribution in [0.15, 0.2) is 29.3 Å². The van der Waals surface area contributed by atoms with Gasteiger partial charge in [-0.25, -0.2) is 0 Å². The summed E-state index contributed by atoms with van der Waals surface area (Å²) in [6.07, 6.45) is 1.07. The van der Waals surface area contributed by atoms with Crippen molar-refractivity contribution in [3.05, 3.63) is 29.8 Å². The monoisotopic (exact) mass is 478 g/mol. The number of ether oxygens (including phenoxy) is 2. The van der Waals surface area contributed by atoms with Gasteiger partial charge in [-0.15, -0.1) is 24.0 Å². The number of guanidine groups is 1. The molecule has 1 N–H and O–H groups in total. The highest BCUT2D eigenvalue weighted by molar-refractivity contribution is 14.0. The van der Waals surface area contributed by atoms with Crippen LogP contribution in [0.2, 0.25) is 0 Å². The van der Waals surface area contributed by atoms with Gasteiger partial charge >= 0.3 is 0 Å². The number of methoxy groups -OCH3 is 1. The number of benzene rings is 1. The van der Waals surface area contributed by atoms with Gasteiger partial charge in [0.2, 0.25) is 0 Å². The number of rotatable bonds is 11. The van der Waals surface area contributed by atoms with E-state index in [2.05, 4.69) is 46.3 Å². The molecular formula is C19H35IN4O2. The lowest BCUT2D eigenvalue weighted by Crippen LogP contribution is -2.39. The summed E-state index contributed by atoms with van der Waals surface area (Å²) in [6, 6.07) is 8.22. The lowest BCUT2D eigenvalue weighted by atomic mass is 10.2. The van der Waals surface area contributed by atoms with Crippen molar-refractivity contribution < 1.29 is 9.47 Å². The highest BCUT2D eigenvalue weighted by atomic mass is 127. The molecule has 150 valence electrons. The zero-order valence-corrected chi connectivity index (χ0v) is 19.2. The largest absolute Gasteiger partial charge is 0.494 e. The van der Waals surface area contributed by atoms with E-state index in [-0.39, 0.29) is 24.0 Å². The first-order chi connectivity index (χ1) is 12.1. The van der Waals surface area contributed by atoms with Crippen LogP contribution in [-0.4, -0.2) is 76.9 Å². The molecule has 0 aliphatic carbocycles. The van der Waals surface area contributed by atoms with Crippen molar-refractivity contribution in [2.75, 3.05) is 61.1 Å². The summed E-state index contributed by atoms with van der Waals surface area (Å²) >= 11 is 0. The third kappa shape index (κ3) is 10.2. The Morgan fingerprint density at radius 2 is 1.85 bits per heavy atom. The summed E-state index contributed by atoms with van der Waals surface area (Å²) < 4.78 is 10.6. The molecule has 0 atom stereocenters. The van der Waals surface area contributed by atoms with E-state index in [4.69, 9.17) is 9.47 Å². The van der Waals surface area contributed by atoms with Crippen molar-refractivity contribution in [3.8, 4) is 5.75 Å². The molecular weight excluding hydrogens is 443 g/mol. The second-order valence-electron chi connectivity index (χ2n) is 6.06. The average molecular weight is 478 g/mol. The number of hydrogen-bond donors (Lipinski definition) is 1. The van der Waals surface area contributed by atoms with Crippen LogP contribution in [0.4, 0.5) is 0 Å². The molecule has 0 saturated carbocycles. The van der Waals surface area contributed by atoms with E-state index in [1.807, 2.05) is 26.1 Å². The van der Waals surface area contributed by atoms with Gasteiger partial charge in [0.1, 0.15) is 5.75 Å². The summed E-state index contributed by atoms with van der Waals surface area (Å²) in [5.41, 5.74) is 1.23. The Morgan fingerprint density at radius 1 is 1.15 bits per heavy atom. The van der Waals surface area contributed by atoms with Crippen LogP contribution < -0.4 is 10.1 Å². The summed E-state index contributed by atoms with van der Waals surface area (Å²) in [5.74, 6) is 1.82.